The minimum atomic E-state index is -0.827. The second-order valence-electron chi connectivity index (χ2n) is 5.68. The topological polar surface area (TPSA) is 65.2 Å². The van der Waals surface area contributed by atoms with E-state index in [0.717, 1.165) is 0 Å². The number of nitrogens with zero attached hydrogens (tertiary/aromatic N) is 2. The summed E-state index contributed by atoms with van der Waals surface area (Å²) in [4.78, 5) is 16.7. The van der Waals surface area contributed by atoms with Gasteiger partial charge >= 0.3 is 5.97 Å². The highest BCUT2D eigenvalue weighted by Gasteiger charge is 2.44. The number of hydrogen-bond donors (Lipinski definition) is 0. The number of esters is 1. The number of aromatic nitrogens is 2. The summed E-state index contributed by atoms with van der Waals surface area (Å²) in [5.41, 5.74) is -1.03. The number of hydrogen-bond acceptors (Lipinski definition) is 5. The summed E-state index contributed by atoms with van der Waals surface area (Å²) in [7, 11) is 0. The van der Waals surface area contributed by atoms with Crippen LogP contribution in [0.4, 0.5) is 0 Å². The Morgan fingerprint density at radius 3 is 2.16 bits per heavy atom. The molecule has 1 aromatic rings. The Morgan fingerprint density at radius 2 is 1.79 bits per heavy atom. The molecule has 0 fully saturated rings. The summed E-state index contributed by atoms with van der Waals surface area (Å²) in [5, 5.41) is 4.00. The summed E-state index contributed by atoms with van der Waals surface area (Å²) in [6, 6.07) is 0. The molecule has 1 rings (SSSR count). The summed E-state index contributed by atoms with van der Waals surface area (Å²) in [6.45, 7) is 12.0. The van der Waals surface area contributed by atoms with Crippen LogP contribution in [0.15, 0.2) is 4.52 Å². The van der Waals surface area contributed by atoms with Crippen molar-refractivity contribution in [1.29, 1.82) is 0 Å². The quantitative estimate of drug-likeness (QED) is 0.768. The highest BCUT2D eigenvalue weighted by molar-refractivity contribution is 5.81. The lowest BCUT2D eigenvalue weighted by Gasteiger charge is -2.24. The van der Waals surface area contributed by atoms with E-state index in [2.05, 4.69) is 10.1 Å². The average molecular weight is 268 g/mol. The maximum Gasteiger partial charge on any atom is 0.321 e. The summed E-state index contributed by atoms with van der Waals surface area (Å²) in [5.74, 6) is 0.683. The van der Waals surface area contributed by atoms with E-state index in [4.69, 9.17) is 9.26 Å². The van der Waals surface area contributed by atoms with Crippen molar-refractivity contribution in [2.45, 2.75) is 65.2 Å². The molecule has 0 unspecified atom stereocenters. The van der Waals surface area contributed by atoms with Gasteiger partial charge in [0.1, 0.15) is 5.41 Å². The Hall–Kier alpha value is -1.39. The van der Waals surface area contributed by atoms with E-state index in [-0.39, 0.29) is 11.4 Å². The highest BCUT2D eigenvalue weighted by atomic mass is 16.5. The van der Waals surface area contributed by atoms with Crippen molar-refractivity contribution >= 4 is 5.97 Å². The van der Waals surface area contributed by atoms with Crippen molar-refractivity contribution in [3.8, 4) is 0 Å². The third kappa shape index (κ3) is 2.96. The minimum Gasteiger partial charge on any atom is -0.465 e. The Morgan fingerprint density at radius 1 is 1.21 bits per heavy atom. The summed E-state index contributed by atoms with van der Waals surface area (Å²) >= 11 is 0. The van der Waals surface area contributed by atoms with Gasteiger partial charge in [0.2, 0.25) is 5.89 Å². The number of rotatable bonds is 5. The first-order chi connectivity index (χ1) is 8.81. The van der Waals surface area contributed by atoms with Gasteiger partial charge < -0.3 is 9.26 Å². The van der Waals surface area contributed by atoms with Gasteiger partial charge in [-0.25, -0.2) is 0 Å². The molecule has 1 aromatic heterocycles. The lowest BCUT2D eigenvalue weighted by molar-refractivity contribution is -0.151. The molecule has 0 aromatic carbocycles. The van der Waals surface area contributed by atoms with Crippen molar-refractivity contribution in [3.05, 3.63) is 11.7 Å². The molecule has 0 radical (unpaired) electrons. The van der Waals surface area contributed by atoms with Crippen LogP contribution in [0.3, 0.4) is 0 Å². The van der Waals surface area contributed by atoms with Gasteiger partial charge in [-0.1, -0.05) is 39.8 Å². The van der Waals surface area contributed by atoms with Crippen LogP contribution in [-0.4, -0.2) is 22.7 Å². The number of ether oxygens (including phenoxy) is 1. The standard InChI is InChI=1S/C14H24N2O3/c1-7-14(8-2,12(17)18-9-3)11-15-10(16-19-11)13(4,5)6/h7-9H2,1-6H3. The number of carbonyl (C=O) groups excluding carboxylic acids is 1. The molecular weight excluding hydrogens is 244 g/mol. The van der Waals surface area contributed by atoms with E-state index < -0.39 is 5.41 Å². The van der Waals surface area contributed by atoms with Crippen LogP contribution in [0, 0.1) is 0 Å². The van der Waals surface area contributed by atoms with Gasteiger partial charge in [-0.05, 0) is 19.8 Å². The van der Waals surface area contributed by atoms with Crippen LogP contribution in [-0.2, 0) is 20.4 Å². The Bertz CT molecular complexity index is 428. The molecule has 5 heteroatoms. The van der Waals surface area contributed by atoms with E-state index in [9.17, 15) is 4.79 Å². The highest BCUT2D eigenvalue weighted by Crippen LogP contribution is 2.33. The zero-order valence-electron chi connectivity index (χ0n) is 12.7. The normalized spacial score (nSPS) is 12.5. The smallest absolute Gasteiger partial charge is 0.321 e. The second-order valence-corrected chi connectivity index (χ2v) is 5.68. The molecule has 0 aliphatic rings. The van der Waals surface area contributed by atoms with Gasteiger partial charge in [0.15, 0.2) is 5.82 Å². The molecule has 0 saturated carbocycles. The zero-order chi connectivity index (χ0) is 14.7. The fourth-order valence-corrected chi connectivity index (χ4v) is 1.92. The van der Waals surface area contributed by atoms with Gasteiger partial charge in [-0.15, -0.1) is 0 Å². The monoisotopic (exact) mass is 268 g/mol. The zero-order valence-corrected chi connectivity index (χ0v) is 12.7. The van der Waals surface area contributed by atoms with E-state index in [1.54, 1.807) is 6.92 Å². The molecule has 19 heavy (non-hydrogen) atoms. The maximum absolute atomic E-state index is 12.2. The van der Waals surface area contributed by atoms with Gasteiger partial charge in [0, 0.05) is 5.41 Å². The minimum absolute atomic E-state index is 0.205. The lowest BCUT2D eigenvalue weighted by Crippen LogP contribution is -2.37. The molecular formula is C14H24N2O3. The molecule has 0 atom stereocenters. The molecule has 0 spiro atoms. The summed E-state index contributed by atoms with van der Waals surface area (Å²) < 4.78 is 10.5. The van der Waals surface area contributed by atoms with E-state index in [1.807, 2.05) is 34.6 Å². The van der Waals surface area contributed by atoms with Crippen LogP contribution in [0.1, 0.15) is 66.1 Å². The van der Waals surface area contributed by atoms with Crippen LogP contribution < -0.4 is 0 Å². The summed E-state index contributed by atoms with van der Waals surface area (Å²) in [6.07, 6.45) is 1.15. The Balaban J connectivity index is 3.19. The predicted molar refractivity (Wildman–Crippen MR) is 71.9 cm³/mol. The van der Waals surface area contributed by atoms with Crippen LogP contribution in [0.5, 0.6) is 0 Å². The molecule has 0 bridgehead atoms. The van der Waals surface area contributed by atoms with Gasteiger partial charge in [0.05, 0.1) is 6.61 Å². The first-order valence-corrected chi connectivity index (χ1v) is 6.83. The van der Waals surface area contributed by atoms with Crippen molar-refractivity contribution in [2.24, 2.45) is 0 Å². The molecule has 1 heterocycles. The number of carbonyl (C=O) groups is 1. The molecule has 0 aliphatic carbocycles. The molecule has 0 amide bonds. The molecule has 0 saturated heterocycles. The molecule has 0 aliphatic heterocycles. The fourth-order valence-electron chi connectivity index (χ4n) is 1.92. The van der Waals surface area contributed by atoms with Crippen LogP contribution in [0.2, 0.25) is 0 Å². The first kappa shape index (κ1) is 15.7. The largest absolute Gasteiger partial charge is 0.465 e. The van der Waals surface area contributed by atoms with Crippen LogP contribution >= 0.6 is 0 Å². The second kappa shape index (κ2) is 5.72. The predicted octanol–water partition coefficient (Wildman–Crippen LogP) is 2.99. The van der Waals surface area contributed by atoms with E-state index in [0.29, 0.717) is 31.2 Å². The van der Waals surface area contributed by atoms with Gasteiger partial charge in [0.25, 0.3) is 0 Å². The first-order valence-electron chi connectivity index (χ1n) is 6.83. The fraction of sp³-hybridized carbons (Fsp3) is 0.786. The van der Waals surface area contributed by atoms with Crippen molar-refractivity contribution < 1.29 is 14.1 Å². The average Bonchev–Trinajstić information content (AvgIpc) is 2.81. The maximum atomic E-state index is 12.2. The van der Waals surface area contributed by atoms with E-state index in [1.165, 1.54) is 0 Å². The molecule has 0 N–H and O–H groups in total. The third-order valence-electron chi connectivity index (χ3n) is 3.38. The lowest BCUT2D eigenvalue weighted by atomic mass is 9.82. The SMILES string of the molecule is CCOC(=O)C(CC)(CC)c1nc(C(C)(C)C)no1. The van der Waals surface area contributed by atoms with Gasteiger partial charge in [-0.2, -0.15) is 4.98 Å². The van der Waals surface area contributed by atoms with Crippen LogP contribution in [0.25, 0.3) is 0 Å². The third-order valence-corrected chi connectivity index (χ3v) is 3.38. The van der Waals surface area contributed by atoms with Crippen molar-refractivity contribution in [1.82, 2.24) is 10.1 Å². The molecule has 5 nitrogen and oxygen atoms in total. The van der Waals surface area contributed by atoms with E-state index >= 15 is 0 Å². The Kier molecular flexibility index (Phi) is 4.71. The molecule has 108 valence electrons. The van der Waals surface area contributed by atoms with Gasteiger partial charge in [-0.3, -0.25) is 4.79 Å². The van der Waals surface area contributed by atoms with Crippen molar-refractivity contribution in [3.63, 3.8) is 0 Å². The Labute approximate surface area is 114 Å². The van der Waals surface area contributed by atoms with Crippen molar-refractivity contribution in [2.75, 3.05) is 6.61 Å².